The van der Waals surface area contributed by atoms with Gasteiger partial charge in [-0.25, -0.2) is 0 Å². The largest absolute Gasteiger partial charge is 0.334 e. The minimum absolute atomic E-state index is 0.104. The lowest BCUT2D eigenvalue weighted by Gasteiger charge is -2.33. The molecule has 0 heterocycles. The van der Waals surface area contributed by atoms with E-state index in [-0.39, 0.29) is 23.9 Å². The Hall–Kier alpha value is -1.35. The Kier molecular flexibility index (Phi) is 5.40. The van der Waals surface area contributed by atoms with Crippen LogP contribution in [0.2, 0.25) is 0 Å². The molecule has 0 bridgehead atoms. The lowest BCUT2D eigenvalue weighted by molar-refractivity contribution is -0.137. The van der Waals surface area contributed by atoms with Crippen molar-refractivity contribution in [2.75, 3.05) is 0 Å². The molecule has 2 rings (SSSR count). The van der Waals surface area contributed by atoms with Crippen LogP contribution in [0.25, 0.3) is 0 Å². The number of amides is 1. The predicted octanol–water partition coefficient (Wildman–Crippen LogP) is 3.19. The summed E-state index contributed by atoms with van der Waals surface area (Å²) < 4.78 is 0. The number of carbonyl (C=O) groups is 1. The molecule has 1 aromatic rings. The normalized spacial score (nSPS) is 18.9. The van der Waals surface area contributed by atoms with E-state index >= 15 is 0 Å². The van der Waals surface area contributed by atoms with Crippen LogP contribution in [-0.2, 0) is 11.3 Å². The molecule has 1 saturated carbocycles. The fraction of sp³-hybridized carbons (Fsp3) is 0.611. The highest BCUT2D eigenvalue weighted by molar-refractivity contribution is 5.82. The van der Waals surface area contributed by atoms with Crippen LogP contribution >= 0.6 is 0 Å². The van der Waals surface area contributed by atoms with Gasteiger partial charge in [0.1, 0.15) is 0 Å². The van der Waals surface area contributed by atoms with Gasteiger partial charge < -0.3 is 10.6 Å². The van der Waals surface area contributed by atoms with Crippen molar-refractivity contribution >= 4 is 5.91 Å². The summed E-state index contributed by atoms with van der Waals surface area (Å²) in [6.45, 7) is 6.98. The van der Waals surface area contributed by atoms with Gasteiger partial charge in [0.2, 0.25) is 5.91 Å². The van der Waals surface area contributed by atoms with Gasteiger partial charge in [-0.1, -0.05) is 50.6 Å². The molecular formula is C18H28N2O. The van der Waals surface area contributed by atoms with Crippen molar-refractivity contribution in [2.45, 2.75) is 58.7 Å². The molecule has 21 heavy (non-hydrogen) atoms. The van der Waals surface area contributed by atoms with Gasteiger partial charge in [-0.15, -0.1) is 0 Å². The third-order valence-electron chi connectivity index (χ3n) is 4.82. The Balaban J connectivity index is 2.13. The van der Waals surface area contributed by atoms with Crippen molar-refractivity contribution in [3.8, 4) is 0 Å². The van der Waals surface area contributed by atoms with E-state index in [1.807, 2.05) is 23.1 Å². The van der Waals surface area contributed by atoms with Gasteiger partial charge >= 0.3 is 0 Å². The first-order chi connectivity index (χ1) is 10.0. The molecule has 1 aromatic carbocycles. The summed E-state index contributed by atoms with van der Waals surface area (Å²) in [6.07, 6.45) is 3.40. The molecular weight excluding hydrogens is 260 g/mol. The topological polar surface area (TPSA) is 46.3 Å². The summed E-state index contributed by atoms with van der Waals surface area (Å²) in [5.41, 5.74) is 7.37. The first-order valence-corrected chi connectivity index (χ1v) is 8.14. The third-order valence-corrected chi connectivity index (χ3v) is 4.82. The average Bonchev–Trinajstić information content (AvgIpc) is 3.35. The van der Waals surface area contributed by atoms with Gasteiger partial charge in [-0.2, -0.15) is 0 Å². The Morgan fingerprint density at radius 2 is 1.90 bits per heavy atom. The highest BCUT2D eigenvalue weighted by atomic mass is 16.2. The molecule has 0 aliphatic heterocycles. The standard InChI is InChI=1S/C18H28N2O/c1-4-13(2)17(19)18(21)20(14(3)16-10-11-16)12-15-8-6-5-7-9-15/h5-9,13-14,16-17H,4,10-12,19H2,1-3H3. The molecule has 1 amide bonds. The lowest BCUT2D eigenvalue weighted by atomic mass is 9.97. The zero-order chi connectivity index (χ0) is 15.4. The van der Waals surface area contributed by atoms with E-state index < -0.39 is 0 Å². The van der Waals surface area contributed by atoms with Crippen LogP contribution in [-0.4, -0.2) is 22.9 Å². The SMILES string of the molecule is CCC(C)C(N)C(=O)N(Cc1ccccc1)C(C)C1CC1. The van der Waals surface area contributed by atoms with Gasteiger partial charge in [0.15, 0.2) is 0 Å². The maximum Gasteiger partial charge on any atom is 0.240 e. The number of nitrogens with two attached hydrogens (primary N) is 1. The van der Waals surface area contributed by atoms with Crippen LogP contribution in [0, 0.1) is 11.8 Å². The van der Waals surface area contributed by atoms with Crippen molar-refractivity contribution in [1.29, 1.82) is 0 Å². The first kappa shape index (κ1) is 16.0. The van der Waals surface area contributed by atoms with Crippen LogP contribution in [0.5, 0.6) is 0 Å². The molecule has 0 aromatic heterocycles. The van der Waals surface area contributed by atoms with Gasteiger partial charge in [-0.05, 0) is 37.2 Å². The molecule has 1 fully saturated rings. The number of hydrogen-bond acceptors (Lipinski definition) is 2. The monoisotopic (exact) mass is 288 g/mol. The fourth-order valence-electron chi connectivity index (χ4n) is 2.72. The number of carbonyl (C=O) groups excluding carboxylic acids is 1. The summed E-state index contributed by atoms with van der Waals surface area (Å²) in [6, 6.07) is 10.1. The zero-order valence-electron chi connectivity index (χ0n) is 13.5. The van der Waals surface area contributed by atoms with E-state index in [0.29, 0.717) is 12.5 Å². The Morgan fingerprint density at radius 3 is 2.43 bits per heavy atom. The number of rotatable bonds is 7. The van der Waals surface area contributed by atoms with E-state index in [2.05, 4.69) is 32.9 Å². The smallest absolute Gasteiger partial charge is 0.240 e. The Morgan fingerprint density at radius 1 is 1.29 bits per heavy atom. The van der Waals surface area contributed by atoms with Crippen molar-refractivity contribution < 1.29 is 4.79 Å². The summed E-state index contributed by atoms with van der Waals surface area (Å²) in [5, 5.41) is 0. The molecule has 3 nitrogen and oxygen atoms in total. The zero-order valence-corrected chi connectivity index (χ0v) is 13.5. The average molecular weight is 288 g/mol. The summed E-state index contributed by atoms with van der Waals surface area (Å²) in [4.78, 5) is 14.8. The number of benzene rings is 1. The first-order valence-electron chi connectivity index (χ1n) is 8.14. The molecule has 116 valence electrons. The molecule has 3 heteroatoms. The molecule has 3 atom stereocenters. The minimum Gasteiger partial charge on any atom is -0.334 e. The van der Waals surface area contributed by atoms with Gasteiger partial charge in [0, 0.05) is 12.6 Å². The molecule has 0 radical (unpaired) electrons. The highest BCUT2D eigenvalue weighted by Gasteiger charge is 2.36. The second-order valence-corrected chi connectivity index (χ2v) is 6.44. The second kappa shape index (κ2) is 7.08. The fourth-order valence-corrected chi connectivity index (χ4v) is 2.72. The highest BCUT2D eigenvalue weighted by Crippen LogP contribution is 2.36. The molecule has 1 aliphatic carbocycles. The van der Waals surface area contributed by atoms with Crippen LogP contribution < -0.4 is 5.73 Å². The van der Waals surface area contributed by atoms with Gasteiger partial charge in [0.05, 0.1) is 6.04 Å². The van der Waals surface area contributed by atoms with E-state index in [9.17, 15) is 4.79 Å². The second-order valence-electron chi connectivity index (χ2n) is 6.44. The van der Waals surface area contributed by atoms with Gasteiger partial charge in [0.25, 0.3) is 0 Å². The number of nitrogens with zero attached hydrogens (tertiary/aromatic N) is 1. The van der Waals surface area contributed by atoms with Gasteiger partial charge in [-0.3, -0.25) is 4.79 Å². The van der Waals surface area contributed by atoms with Crippen molar-refractivity contribution in [3.05, 3.63) is 35.9 Å². The van der Waals surface area contributed by atoms with Crippen LogP contribution in [0.3, 0.4) is 0 Å². The van der Waals surface area contributed by atoms with E-state index in [0.717, 1.165) is 6.42 Å². The van der Waals surface area contributed by atoms with E-state index in [4.69, 9.17) is 5.73 Å². The predicted molar refractivity (Wildman–Crippen MR) is 86.6 cm³/mol. The molecule has 0 saturated heterocycles. The van der Waals surface area contributed by atoms with Crippen molar-refractivity contribution in [3.63, 3.8) is 0 Å². The quantitative estimate of drug-likeness (QED) is 0.837. The van der Waals surface area contributed by atoms with Crippen molar-refractivity contribution in [1.82, 2.24) is 4.90 Å². The maximum atomic E-state index is 12.8. The summed E-state index contributed by atoms with van der Waals surface area (Å²) in [5.74, 6) is 0.983. The van der Waals surface area contributed by atoms with Crippen molar-refractivity contribution in [2.24, 2.45) is 17.6 Å². The third kappa shape index (κ3) is 4.07. The van der Waals surface area contributed by atoms with Crippen LogP contribution in [0.1, 0.15) is 45.6 Å². The minimum atomic E-state index is -0.389. The molecule has 1 aliphatic rings. The molecule has 0 spiro atoms. The Labute approximate surface area is 128 Å². The van der Waals surface area contributed by atoms with Crippen LogP contribution in [0.15, 0.2) is 30.3 Å². The molecule has 2 N–H and O–H groups in total. The summed E-state index contributed by atoms with van der Waals surface area (Å²) >= 11 is 0. The van der Waals surface area contributed by atoms with E-state index in [1.54, 1.807) is 0 Å². The van der Waals surface area contributed by atoms with E-state index in [1.165, 1.54) is 18.4 Å². The molecule has 3 unspecified atom stereocenters. The number of hydrogen-bond donors (Lipinski definition) is 1. The summed E-state index contributed by atoms with van der Waals surface area (Å²) in [7, 11) is 0. The maximum absolute atomic E-state index is 12.8. The Bertz CT molecular complexity index is 456. The van der Waals surface area contributed by atoms with Crippen LogP contribution in [0.4, 0.5) is 0 Å². The lowest BCUT2D eigenvalue weighted by Crippen LogP contribution is -2.50.